The molecule has 0 saturated carbocycles. The fourth-order valence-corrected chi connectivity index (χ4v) is 2.61. The fourth-order valence-electron chi connectivity index (χ4n) is 2.61. The van der Waals surface area contributed by atoms with Gasteiger partial charge in [-0.05, 0) is 38.1 Å². The number of hydrogen-bond acceptors (Lipinski definition) is 5. The van der Waals surface area contributed by atoms with Crippen LogP contribution in [-0.4, -0.2) is 24.7 Å². The van der Waals surface area contributed by atoms with Gasteiger partial charge in [-0.3, -0.25) is 9.55 Å². The van der Waals surface area contributed by atoms with Gasteiger partial charge in [0, 0.05) is 29.3 Å². The minimum absolute atomic E-state index is 0.186. The van der Waals surface area contributed by atoms with Crippen LogP contribution in [-0.2, 0) is 0 Å². The molecule has 7 heteroatoms. The van der Waals surface area contributed by atoms with E-state index in [2.05, 4.69) is 20.1 Å². The van der Waals surface area contributed by atoms with Crippen LogP contribution in [0, 0.1) is 13.8 Å². The Hall–Kier alpha value is -3.48. The maximum Gasteiger partial charge on any atom is 0.330 e. The van der Waals surface area contributed by atoms with E-state index >= 15 is 0 Å². The van der Waals surface area contributed by atoms with E-state index in [4.69, 9.17) is 4.52 Å². The first-order chi connectivity index (χ1) is 12.1. The number of H-pyrrole nitrogens is 1. The molecule has 7 nitrogen and oxygen atoms in total. The Kier molecular flexibility index (Phi) is 3.53. The molecule has 0 saturated heterocycles. The molecule has 4 rings (SSSR count). The van der Waals surface area contributed by atoms with Gasteiger partial charge in [-0.15, -0.1) is 0 Å². The molecule has 3 heterocycles. The summed E-state index contributed by atoms with van der Waals surface area (Å²) in [5, 5.41) is 4.04. The predicted octanol–water partition coefficient (Wildman–Crippen LogP) is 2.89. The summed E-state index contributed by atoms with van der Waals surface area (Å²) in [7, 11) is 0. The van der Waals surface area contributed by atoms with E-state index in [0.29, 0.717) is 11.7 Å². The number of pyridine rings is 1. The molecule has 0 unspecified atom stereocenters. The van der Waals surface area contributed by atoms with Gasteiger partial charge in [-0.25, -0.2) is 4.79 Å². The third-order valence-corrected chi connectivity index (χ3v) is 3.91. The van der Waals surface area contributed by atoms with Crippen LogP contribution < -0.4 is 5.69 Å². The zero-order valence-electron chi connectivity index (χ0n) is 13.7. The average molecular weight is 333 g/mol. The Balaban J connectivity index is 1.73. The van der Waals surface area contributed by atoms with Crippen LogP contribution in [0.15, 0.2) is 58.1 Å². The zero-order valence-corrected chi connectivity index (χ0v) is 13.7. The normalized spacial score (nSPS) is 11.0. The van der Waals surface area contributed by atoms with Crippen molar-refractivity contribution in [3.63, 3.8) is 0 Å². The second kappa shape index (κ2) is 5.86. The summed E-state index contributed by atoms with van der Waals surface area (Å²) in [6.45, 7) is 3.78. The van der Waals surface area contributed by atoms with Crippen molar-refractivity contribution in [1.29, 1.82) is 0 Å². The Morgan fingerprint density at radius 3 is 2.72 bits per heavy atom. The van der Waals surface area contributed by atoms with E-state index in [0.717, 1.165) is 28.2 Å². The van der Waals surface area contributed by atoms with Crippen molar-refractivity contribution in [2.75, 3.05) is 0 Å². The molecular formula is C18H15N5O2. The van der Waals surface area contributed by atoms with Gasteiger partial charge in [0.2, 0.25) is 5.82 Å². The van der Waals surface area contributed by atoms with Crippen LogP contribution in [0.5, 0.6) is 0 Å². The highest BCUT2D eigenvalue weighted by atomic mass is 16.5. The van der Waals surface area contributed by atoms with E-state index in [1.165, 1.54) is 0 Å². The molecule has 3 aromatic heterocycles. The predicted molar refractivity (Wildman–Crippen MR) is 92.4 cm³/mol. The van der Waals surface area contributed by atoms with E-state index in [9.17, 15) is 4.79 Å². The molecule has 0 bridgehead atoms. The lowest BCUT2D eigenvalue weighted by Gasteiger charge is -2.05. The van der Waals surface area contributed by atoms with E-state index in [1.807, 2.05) is 50.2 Å². The molecule has 1 N–H and O–H groups in total. The standard InChI is InChI=1S/C18H15N5O2/c1-11-6-7-14(10-19-11)17-21-16(22-25-17)13-4-3-5-15(8-13)23-12(2)9-20-18(23)24/h3-10H,1-2H3,(H,20,24). The first kappa shape index (κ1) is 15.1. The largest absolute Gasteiger partial charge is 0.334 e. The lowest BCUT2D eigenvalue weighted by atomic mass is 10.2. The van der Waals surface area contributed by atoms with Crippen LogP contribution >= 0.6 is 0 Å². The van der Waals surface area contributed by atoms with E-state index in [-0.39, 0.29) is 5.69 Å². The number of benzene rings is 1. The van der Waals surface area contributed by atoms with Gasteiger partial charge >= 0.3 is 5.69 Å². The van der Waals surface area contributed by atoms with Crippen LogP contribution in [0.2, 0.25) is 0 Å². The molecule has 124 valence electrons. The van der Waals surface area contributed by atoms with Crippen molar-refractivity contribution in [1.82, 2.24) is 24.7 Å². The summed E-state index contributed by atoms with van der Waals surface area (Å²) in [6.07, 6.45) is 3.37. The molecule has 0 aliphatic heterocycles. The van der Waals surface area contributed by atoms with E-state index in [1.54, 1.807) is 17.0 Å². The third kappa shape index (κ3) is 2.76. The summed E-state index contributed by atoms with van der Waals surface area (Å²) in [5.41, 5.74) is 3.82. The van der Waals surface area contributed by atoms with Crippen LogP contribution in [0.3, 0.4) is 0 Å². The summed E-state index contributed by atoms with van der Waals surface area (Å²) >= 11 is 0. The van der Waals surface area contributed by atoms with Gasteiger partial charge in [-0.1, -0.05) is 17.3 Å². The number of rotatable bonds is 3. The molecule has 1 aromatic carbocycles. The quantitative estimate of drug-likeness (QED) is 0.622. The molecule has 4 aromatic rings. The van der Waals surface area contributed by atoms with Gasteiger partial charge in [0.1, 0.15) is 0 Å². The minimum atomic E-state index is -0.186. The molecule has 0 atom stereocenters. The summed E-state index contributed by atoms with van der Waals surface area (Å²) < 4.78 is 6.94. The summed E-state index contributed by atoms with van der Waals surface area (Å²) in [6, 6.07) is 11.2. The van der Waals surface area contributed by atoms with E-state index < -0.39 is 0 Å². The monoisotopic (exact) mass is 333 g/mol. The van der Waals surface area contributed by atoms with Crippen LogP contribution in [0.4, 0.5) is 0 Å². The highest BCUT2D eigenvalue weighted by Gasteiger charge is 2.12. The molecule has 0 aliphatic rings. The fraction of sp³-hybridized carbons (Fsp3) is 0.111. The molecule has 0 fully saturated rings. The highest BCUT2D eigenvalue weighted by molar-refractivity contribution is 5.61. The Labute approximate surface area is 143 Å². The third-order valence-electron chi connectivity index (χ3n) is 3.91. The van der Waals surface area contributed by atoms with Crippen LogP contribution in [0.25, 0.3) is 28.5 Å². The average Bonchev–Trinajstić information content (AvgIpc) is 3.23. The maximum atomic E-state index is 12.0. The van der Waals surface area contributed by atoms with Crippen molar-refractivity contribution >= 4 is 0 Å². The molecule has 25 heavy (non-hydrogen) atoms. The Bertz CT molecular complexity index is 1090. The minimum Gasteiger partial charge on any atom is -0.334 e. The van der Waals surface area contributed by atoms with Crippen molar-refractivity contribution in [2.45, 2.75) is 13.8 Å². The lowest BCUT2D eigenvalue weighted by molar-refractivity contribution is 0.432. The first-order valence-corrected chi connectivity index (χ1v) is 7.76. The lowest BCUT2D eigenvalue weighted by Crippen LogP contribution is -2.15. The second-order valence-corrected chi connectivity index (χ2v) is 5.73. The topological polar surface area (TPSA) is 89.6 Å². The number of aromatic amines is 1. The van der Waals surface area contributed by atoms with Crippen molar-refractivity contribution in [2.24, 2.45) is 0 Å². The van der Waals surface area contributed by atoms with Crippen molar-refractivity contribution in [3.8, 4) is 28.5 Å². The maximum absolute atomic E-state index is 12.0. The number of aryl methyl sites for hydroxylation is 2. The van der Waals surface area contributed by atoms with Gasteiger partial charge in [0.05, 0.1) is 11.3 Å². The number of aromatic nitrogens is 5. The molecule has 0 radical (unpaired) electrons. The molecular weight excluding hydrogens is 318 g/mol. The summed E-state index contributed by atoms with van der Waals surface area (Å²) in [4.78, 5) is 23.3. The van der Waals surface area contributed by atoms with Gasteiger partial charge in [0.15, 0.2) is 0 Å². The number of hydrogen-bond donors (Lipinski definition) is 1. The van der Waals surface area contributed by atoms with Gasteiger partial charge < -0.3 is 9.51 Å². The van der Waals surface area contributed by atoms with Gasteiger partial charge in [-0.2, -0.15) is 4.98 Å². The molecule has 0 amide bonds. The Morgan fingerprint density at radius 1 is 1.12 bits per heavy atom. The van der Waals surface area contributed by atoms with Crippen molar-refractivity contribution in [3.05, 3.63) is 70.7 Å². The zero-order chi connectivity index (χ0) is 17.4. The Morgan fingerprint density at radius 2 is 2.00 bits per heavy atom. The molecule has 0 aliphatic carbocycles. The number of imidazole rings is 1. The van der Waals surface area contributed by atoms with Crippen LogP contribution in [0.1, 0.15) is 11.4 Å². The second-order valence-electron chi connectivity index (χ2n) is 5.73. The first-order valence-electron chi connectivity index (χ1n) is 7.76. The summed E-state index contributed by atoms with van der Waals surface area (Å²) in [5.74, 6) is 0.863. The highest BCUT2D eigenvalue weighted by Crippen LogP contribution is 2.23. The molecule has 0 spiro atoms. The smallest absolute Gasteiger partial charge is 0.330 e. The SMILES string of the molecule is Cc1ccc(-c2nc(-c3cccc(-n4c(C)c[nH]c4=O)c3)no2)cn1. The number of nitrogens with zero attached hydrogens (tertiary/aromatic N) is 4. The van der Waals surface area contributed by atoms with Crippen molar-refractivity contribution < 1.29 is 4.52 Å². The van der Waals surface area contributed by atoms with Gasteiger partial charge in [0.25, 0.3) is 5.89 Å². The number of nitrogens with one attached hydrogen (secondary N) is 1.